The van der Waals surface area contributed by atoms with E-state index in [9.17, 15) is 0 Å². The van der Waals surface area contributed by atoms with Gasteiger partial charge in [0, 0.05) is 0 Å². The smallest absolute Gasteiger partial charge is 0.0689 e. The second-order valence-corrected chi connectivity index (χ2v) is 0.224. The maximum absolute atomic E-state index is 8.25. The summed E-state index contributed by atoms with van der Waals surface area (Å²) in [5, 5.41) is 14.8. The Hall–Kier alpha value is -0.800. The summed E-state index contributed by atoms with van der Waals surface area (Å²) in [5.41, 5.74) is 0. The van der Waals surface area contributed by atoms with Crippen LogP contribution >= 0.6 is 0 Å². The highest BCUT2D eigenvalue weighted by Gasteiger charge is 1.45. The number of nitrogens with zero attached hydrogens (tertiary/aromatic N) is 1. The van der Waals surface area contributed by atoms with Crippen LogP contribution in [0.3, 0.4) is 0 Å². The predicted octanol–water partition coefficient (Wildman–Crippen LogP) is -0.127. The minimum Gasteiger partial charge on any atom is -1.00 e. The van der Waals surface area contributed by atoms with E-state index in [1.807, 2.05) is 0 Å². The third-order valence-electron chi connectivity index (χ3n) is 0. The van der Waals surface area contributed by atoms with Crippen molar-refractivity contribution in [2.24, 2.45) is 0 Å². The maximum Gasteiger partial charge on any atom is 0.0689 e. The summed E-state index contributed by atoms with van der Waals surface area (Å²) >= 11 is 0. The van der Waals surface area contributed by atoms with Gasteiger partial charge in [0.15, 0.2) is 0 Å². The van der Waals surface area contributed by atoms with Gasteiger partial charge in [-0.1, -0.05) is 0 Å². The van der Waals surface area contributed by atoms with E-state index in [2.05, 4.69) is 0 Å². The molecule has 0 saturated heterocycles. The van der Waals surface area contributed by atoms with Gasteiger partial charge in [0.25, 0.3) is 0 Å². The van der Waals surface area contributed by atoms with E-state index in [0.717, 1.165) is 0 Å². The van der Waals surface area contributed by atoms with Crippen molar-refractivity contribution in [1.82, 2.24) is 0 Å². The van der Waals surface area contributed by atoms with Crippen LogP contribution in [-0.4, -0.2) is 5.09 Å². The molecule has 0 bridgehead atoms. The maximum atomic E-state index is 8.25. The van der Waals surface area contributed by atoms with Crippen molar-refractivity contribution in [3.63, 3.8) is 0 Å². The summed E-state index contributed by atoms with van der Waals surface area (Å²) in [6.45, 7) is 0. The van der Waals surface area contributed by atoms with Gasteiger partial charge in [-0.3, -0.25) is 0 Å². The largest absolute Gasteiger partial charge is 1.00 e. The van der Waals surface area contributed by atoms with Crippen LogP contribution in [-0.2, 0) is 0 Å². The molecule has 0 N–H and O–H groups in total. The van der Waals surface area contributed by atoms with E-state index in [0.29, 0.717) is 0 Å². The molecule has 0 aromatic rings. The molecule has 0 atom stereocenters. The molecule has 4 heavy (non-hydrogen) atoms. The van der Waals surface area contributed by atoms with Gasteiger partial charge < -0.3 is 16.7 Å². The zero-order chi connectivity index (χ0) is 3.58. The van der Waals surface area contributed by atoms with Crippen molar-refractivity contribution in [2.75, 3.05) is 0 Å². The minimum absolute atomic E-state index is 0. The molecule has 0 aromatic carbocycles. The van der Waals surface area contributed by atoms with Gasteiger partial charge in [0.05, 0.1) is 5.09 Å². The van der Waals surface area contributed by atoms with Crippen LogP contribution in [0, 0.1) is 15.3 Å². The zero-order valence-electron chi connectivity index (χ0n) is 2.67. The molecule has 0 fully saturated rings. The zero-order valence-corrected chi connectivity index (χ0v) is 1.67. The second-order valence-electron chi connectivity index (χ2n) is 0.224. The average Bonchev–Trinajstić information content (AvgIpc) is 0.811. The quantitative estimate of drug-likeness (QED) is 0.290. The van der Waals surface area contributed by atoms with E-state index in [1.165, 1.54) is 0 Å². The Balaban J connectivity index is 0. The molecule has 0 aromatic heterocycles. The summed E-state index contributed by atoms with van der Waals surface area (Å²) in [4.78, 5) is 8.25. The molecule has 0 aliphatic carbocycles. The van der Waals surface area contributed by atoms with Crippen molar-refractivity contribution in [3.8, 4) is 0 Å². The van der Waals surface area contributed by atoms with Gasteiger partial charge in [0.2, 0.25) is 0 Å². The average molecular weight is 63.0 g/mol. The van der Waals surface area contributed by atoms with Crippen molar-refractivity contribution >= 4 is 0 Å². The van der Waals surface area contributed by atoms with E-state index in [4.69, 9.17) is 15.3 Å². The number of hydrogen-bond donors (Lipinski definition) is 0. The molecule has 0 saturated carbocycles. The Morgan fingerprint density at radius 2 is 1.75 bits per heavy atom. The van der Waals surface area contributed by atoms with E-state index < -0.39 is 5.09 Å². The first-order chi connectivity index (χ1) is 1.73. The molecule has 0 aliphatic rings. The highest BCUT2D eigenvalue weighted by atomic mass is 16.9. The molecule has 0 aliphatic heterocycles. The fourth-order valence-corrected chi connectivity index (χ4v) is 0. The second kappa shape index (κ2) is 0.655. The fraction of sp³-hybridized carbons (Fsp3) is 0. The Kier molecular flexibility index (Phi) is 0.524. The summed E-state index contributed by atoms with van der Waals surface area (Å²) < 4.78 is 0. The lowest BCUT2D eigenvalue weighted by molar-refractivity contribution is -0.402. The minimum atomic E-state index is -1.75. The highest BCUT2D eigenvalue weighted by molar-refractivity contribution is 4.03. The monoisotopic (exact) mass is 63.0 g/mol. The van der Waals surface area contributed by atoms with Crippen LogP contribution in [0.5, 0.6) is 0 Å². The molecule has 0 amide bonds. The molecule has 0 unspecified atom stereocenters. The van der Waals surface area contributed by atoms with Crippen LogP contribution < -0.4 is 0 Å². The lowest BCUT2D eigenvalue weighted by atomic mass is 13.1. The van der Waals surface area contributed by atoms with Crippen LogP contribution in [0.4, 0.5) is 0 Å². The standard InChI is InChI=1S/NO3.H/c2-1(3)4;/q2*-1. The Bertz CT molecular complexity index is 29.9. The molecule has 0 spiro atoms. The normalized spacial score (nSPS) is 6.00. The molecule has 26 valence electrons. The summed E-state index contributed by atoms with van der Waals surface area (Å²) in [6, 6.07) is 0. The molecule has 0 rings (SSSR count). The van der Waals surface area contributed by atoms with Crippen LogP contribution in [0.25, 0.3) is 0 Å². The van der Waals surface area contributed by atoms with Gasteiger partial charge in [-0.15, -0.1) is 0 Å². The third kappa shape index (κ3) is 0.0750. The van der Waals surface area contributed by atoms with Crippen molar-refractivity contribution in [3.05, 3.63) is 15.3 Å². The SMILES string of the molecule is O=[N+]([O-])[O-].[H-]. The highest BCUT2D eigenvalue weighted by Crippen LogP contribution is 1.44. The van der Waals surface area contributed by atoms with Gasteiger partial charge in [-0.25, -0.2) is 0 Å². The topological polar surface area (TPSA) is 66.2 Å². The van der Waals surface area contributed by atoms with Crippen LogP contribution in [0.2, 0.25) is 0 Å². The van der Waals surface area contributed by atoms with Crippen molar-refractivity contribution in [2.45, 2.75) is 0 Å². The van der Waals surface area contributed by atoms with E-state index in [-0.39, 0.29) is 1.43 Å². The Labute approximate surface area is 23.3 Å². The first-order valence-electron chi connectivity index (χ1n) is 0.548. The van der Waals surface area contributed by atoms with Gasteiger partial charge >= 0.3 is 0 Å². The first kappa shape index (κ1) is 3.20. The fourth-order valence-electron chi connectivity index (χ4n) is 0. The lowest BCUT2D eigenvalue weighted by Gasteiger charge is -1.74. The predicted molar refractivity (Wildman–Crippen MR) is 11.5 cm³/mol. The first-order valence-corrected chi connectivity index (χ1v) is 0.548. The molecular weight excluding hydrogens is 62.0 g/mol. The lowest BCUT2D eigenvalue weighted by Crippen LogP contribution is -1.74. The summed E-state index contributed by atoms with van der Waals surface area (Å²) in [6.07, 6.45) is 0. The number of hydrogen-bond acceptors (Lipinski definition) is 3. The molecule has 0 heterocycles. The van der Waals surface area contributed by atoms with Gasteiger partial charge in [-0.05, 0) is 0 Å². The van der Waals surface area contributed by atoms with Crippen LogP contribution in [0.1, 0.15) is 1.43 Å². The van der Waals surface area contributed by atoms with Crippen molar-refractivity contribution < 1.29 is 6.51 Å². The van der Waals surface area contributed by atoms with E-state index >= 15 is 0 Å². The van der Waals surface area contributed by atoms with Gasteiger partial charge in [0.1, 0.15) is 0 Å². The van der Waals surface area contributed by atoms with Crippen molar-refractivity contribution in [1.29, 1.82) is 0 Å². The number of rotatable bonds is 0. The molecular formula is HNO3-2. The van der Waals surface area contributed by atoms with Gasteiger partial charge in [-0.2, -0.15) is 0 Å². The summed E-state index contributed by atoms with van der Waals surface area (Å²) in [5.74, 6) is 0. The molecule has 4 heteroatoms. The Morgan fingerprint density at radius 3 is 1.75 bits per heavy atom. The third-order valence-corrected chi connectivity index (χ3v) is 0. The summed E-state index contributed by atoms with van der Waals surface area (Å²) in [7, 11) is 0. The Morgan fingerprint density at radius 1 is 1.75 bits per heavy atom. The molecule has 0 radical (unpaired) electrons. The van der Waals surface area contributed by atoms with E-state index in [1.54, 1.807) is 0 Å². The van der Waals surface area contributed by atoms with Crippen LogP contribution in [0.15, 0.2) is 0 Å². The molecule has 4 nitrogen and oxygen atoms in total.